The van der Waals surface area contributed by atoms with Gasteiger partial charge in [0.05, 0.1) is 12.2 Å². The fourth-order valence-electron chi connectivity index (χ4n) is 1.37. The normalized spacial score (nSPS) is 10.6. The van der Waals surface area contributed by atoms with Gasteiger partial charge in [-0.1, -0.05) is 15.9 Å². The maximum absolute atomic E-state index is 5.53. The van der Waals surface area contributed by atoms with Crippen molar-refractivity contribution in [1.82, 2.24) is 20.2 Å². The third-order valence-corrected chi connectivity index (χ3v) is 2.45. The quantitative estimate of drug-likeness (QED) is 0.888. The Morgan fingerprint density at radius 2 is 2.20 bits per heavy atom. The van der Waals surface area contributed by atoms with Crippen molar-refractivity contribution in [3.63, 3.8) is 0 Å². The summed E-state index contributed by atoms with van der Waals surface area (Å²) in [5.74, 6) is 0.646. The highest BCUT2D eigenvalue weighted by molar-refractivity contribution is 9.10. The molecule has 6 heteroatoms. The number of tetrazole rings is 1. The summed E-state index contributed by atoms with van der Waals surface area (Å²) in [5, 5.41) is 11.3. The summed E-state index contributed by atoms with van der Waals surface area (Å²) < 4.78 is 2.63. The second-order valence-electron chi connectivity index (χ2n) is 3.20. The number of benzene rings is 1. The minimum absolute atomic E-state index is 0.318. The minimum atomic E-state index is 0.318. The van der Waals surface area contributed by atoms with Crippen molar-refractivity contribution in [2.75, 3.05) is 0 Å². The predicted octanol–water partition coefficient (Wildman–Crippen LogP) is 1.19. The first kappa shape index (κ1) is 10.3. The average Bonchev–Trinajstić information content (AvgIpc) is 2.63. The summed E-state index contributed by atoms with van der Waals surface area (Å²) in [4.78, 5) is 0. The van der Waals surface area contributed by atoms with Crippen LogP contribution in [-0.4, -0.2) is 20.2 Å². The monoisotopic (exact) mass is 267 g/mol. The molecule has 2 N–H and O–H groups in total. The third-order valence-electron chi connectivity index (χ3n) is 1.99. The zero-order chi connectivity index (χ0) is 10.8. The van der Waals surface area contributed by atoms with Crippen LogP contribution in [0.25, 0.3) is 5.69 Å². The molecule has 2 rings (SSSR count). The van der Waals surface area contributed by atoms with E-state index in [1.807, 2.05) is 25.1 Å². The molecule has 1 aromatic carbocycles. The summed E-state index contributed by atoms with van der Waals surface area (Å²) in [6.07, 6.45) is 0. The van der Waals surface area contributed by atoms with Crippen LogP contribution in [-0.2, 0) is 6.54 Å². The van der Waals surface area contributed by atoms with Gasteiger partial charge in [0, 0.05) is 4.47 Å². The Labute approximate surface area is 95.4 Å². The van der Waals surface area contributed by atoms with E-state index in [-0.39, 0.29) is 0 Å². The van der Waals surface area contributed by atoms with E-state index < -0.39 is 0 Å². The molecule has 0 spiro atoms. The highest BCUT2D eigenvalue weighted by Gasteiger charge is 2.06. The van der Waals surface area contributed by atoms with E-state index in [0.29, 0.717) is 12.4 Å². The molecule has 0 unspecified atom stereocenters. The first-order chi connectivity index (χ1) is 7.20. The van der Waals surface area contributed by atoms with Crippen molar-refractivity contribution in [1.29, 1.82) is 0 Å². The SMILES string of the molecule is Cc1cc(Br)cc(-n2nnnc2CN)c1. The van der Waals surface area contributed by atoms with E-state index in [1.165, 1.54) is 0 Å². The molecule has 0 saturated heterocycles. The molecule has 1 aromatic heterocycles. The van der Waals surface area contributed by atoms with Gasteiger partial charge in [-0.25, -0.2) is 0 Å². The molecular weight excluding hydrogens is 258 g/mol. The largest absolute Gasteiger partial charge is 0.324 e. The van der Waals surface area contributed by atoms with Crippen LogP contribution in [0.1, 0.15) is 11.4 Å². The van der Waals surface area contributed by atoms with Gasteiger partial charge in [0.2, 0.25) is 0 Å². The fraction of sp³-hybridized carbons (Fsp3) is 0.222. The van der Waals surface area contributed by atoms with Crippen LogP contribution in [0.4, 0.5) is 0 Å². The first-order valence-corrected chi connectivity index (χ1v) is 5.25. The van der Waals surface area contributed by atoms with Gasteiger partial charge in [-0.2, -0.15) is 4.68 Å². The van der Waals surface area contributed by atoms with Crippen LogP contribution in [0.3, 0.4) is 0 Å². The number of hydrogen-bond donors (Lipinski definition) is 1. The Bertz CT molecular complexity index is 459. The number of nitrogens with two attached hydrogens (primary N) is 1. The molecule has 15 heavy (non-hydrogen) atoms. The van der Waals surface area contributed by atoms with Crippen molar-refractivity contribution in [2.24, 2.45) is 5.73 Å². The average molecular weight is 268 g/mol. The van der Waals surface area contributed by atoms with Gasteiger partial charge in [-0.3, -0.25) is 0 Å². The lowest BCUT2D eigenvalue weighted by Gasteiger charge is -2.04. The van der Waals surface area contributed by atoms with Gasteiger partial charge in [0.25, 0.3) is 0 Å². The Morgan fingerprint density at radius 3 is 2.87 bits per heavy atom. The van der Waals surface area contributed by atoms with E-state index >= 15 is 0 Å². The Morgan fingerprint density at radius 1 is 1.40 bits per heavy atom. The first-order valence-electron chi connectivity index (χ1n) is 4.45. The molecule has 0 fully saturated rings. The van der Waals surface area contributed by atoms with Crippen molar-refractivity contribution in [3.8, 4) is 5.69 Å². The third kappa shape index (κ3) is 2.05. The van der Waals surface area contributed by atoms with Gasteiger partial charge in [0.1, 0.15) is 0 Å². The molecule has 0 aliphatic rings. The summed E-state index contributed by atoms with van der Waals surface area (Å²) in [5.41, 5.74) is 7.58. The van der Waals surface area contributed by atoms with Crippen molar-refractivity contribution in [2.45, 2.75) is 13.5 Å². The lowest BCUT2D eigenvalue weighted by Crippen LogP contribution is -2.08. The number of rotatable bonds is 2. The zero-order valence-corrected chi connectivity index (χ0v) is 9.77. The van der Waals surface area contributed by atoms with E-state index in [0.717, 1.165) is 15.7 Å². The predicted molar refractivity (Wildman–Crippen MR) is 59.5 cm³/mol. The van der Waals surface area contributed by atoms with E-state index in [2.05, 4.69) is 31.5 Å². The molecule has 0 bridgehead atoms. The zero-order valence-electron chi connectivity index (χ0n) is 8.18. The summed E-state index contributed by atoms with van der Waals surface area (Å²) in [6, 6.07) is 5.97. The van der Waals surface area contributed by atoms with E-state index in [1.54, 1.807) is 4.68 Å². The topological polar surface area (TPSA) is 69.6 Å². The standard InChI is InChI=1S/C9H10BrN5/c1-6-2-7(10)4-8(3-6)15-9(5-11)12-13-14-15/h2-4H,5,11H2,1H3. The van der Waals surface area contributed by atoms with Crippen molar-refractivity contribution >= 4 is 15.9 Å². The lowest BCUT2D eigenvalue weighted by molar-refractivity contribution is 0.760. The van der Waals surface area contributed by atoms with Crippen LogP contribution in [0.15, 0.2) is 22.7 Å². The molecule has 78 valence electrons. The van der Waals surface area contributed by atoms with Crippen LogP contribution < -0.4 is 5.73 Å². The van der Waals surface area contributed by atoms with Crippen LogP contribution in [0.2, 0.25) is 0 Å². The molecule has 0 aliphatic heterocycles. The number of aromatic nitrogens is 4. The molecule has 1 heterocycles. The maximum Gasteiger partial charge on any atom is 0.170 e. The highest BCUT2D eigenvalue weighted by atomic mass is 79.9. The summed E-state index contributed by atoms with van der Waals surface area (Å²) >= 11 is 3.43. The Hall–Kier alpha value is -1.27. The molecule has 0 radical (unpaired) electrons. The van der Waals surface area contributed by atoms with Gasteiger partial charge in [-0.15, -0.1) is 5.10 Å². The second kappa shape index (κ2) is 4.08. The Kier molecular flexibility index (Phi) is 2.79. The van der Waals surface area contributed by atoms with Crippen LogP contribution >= 0.6 is 15.9 Å². The minimum Gasteiger partial charge on any atom is -0.324 e. The number of aryl methyl sites for hydroxylation is 1. The molecule has 0 saturated carbocycles. The van der Waals surface area contributed by atoms with Crippen LogP contribution in [0, 0.1) is 6.92 Å². The second-order valence-corrected chi connectivity index (χ2v) is 4.11. The highest BCUT2D eigenvalue weighted by Crippen LogP contribution is 2.18. The van der Waals surface area contributed by atoms with Crippen molar-refractivity contribution < 1.29 is 0 Å². The number of hydrogen-bond acceptors (Lipinski definition) is 4. The van der Waals surface area contributed by atoms with Gasteiger partial charge >= 0.3 is 0 Å². The number of halogens is 1. The molecule has 0 atom stereocenters. The summed E-state index contributed by atoms with van der Waals surface area (Å²) in [6.45, 7) is 2.33. The molecule has 2 aromatic rings. The van der Waals surface area contributed by atoms with Gasteiger partial charge in [0.15, 0.2) is 5.82 Å². The smallest absolute Gasteiger partial charge is 0.170 e. The lowest BCUT2D eigenvalue weighted by atomic mass is 10.2. The Balaban J connectivity index is 2.53. The maximum atomic E-state index is 5.53. The van der Waals surface area contributed by atoms with E-state index in [9.17, 15) is 0 Å². The fourth-order valence-corrected chi connectivity index (χ4v) is 1.97. The van der Waals surface area contributed by atoms with Crippen molar-refractivity contribution in [3.05, 3.63) is 34.1 Å². The molecule has 0 aliphatic carbocycles. The van der Waals surface area contributed by atoms with Gasteiger partial charge in [-0.05, 0) is 41.1 Å². The van der Waals surface area contributed by atoms with Gasteiger partial charge < -0.3 is 5.73 Å². The molecule has 0 amide bonds. The van der Waals surface area contributed by atoms with E-state index in [4.69, 9.17) is 5.73 Å². The molecule has 5 nitrogen and oxygen atoms in total. The van der Waals surface area contributed by atoms with Crippen LogP contribution in [0.5, 0.6) is 0 Å². The summed E-state index contributed by atoms with van der Waals surface area (Å²) in [7, 11) is 0. The number of nitrogens with zero attached hydrogens (tertiary/aromatic N) is 4. The molecular formula is C9H10BrN5.